The molecule has 0 aliphatic carbocycles. The van der Waals surface area contributed by atoms with Gasteiger partial charge in [0.15, 0.2) is 0 Å². The third-order valence-electron chi connectivity index (χ3n) is 8.42. The van der Waals surface area contributed by atoms with Crippen molar-refractivity contribution in [3.8, 4) is 11.5 Å². The summed E-state index contributed by atoms with van der Waals surface area (Å²) < 4.78 is 61.0. The molecule has 0 aromatic heterocycles. The van der Waals surface area contributed by atoms with E-state index in [4.69, 9.17) is 37.5 Å². The Kier molecular flexibility index (Phi) is 11.8. The Morgan fingerprint density at radius 3 is 1.76 bits per heavy atom. The molecule has 46 heavy (non-hydrogen) atoms. The first-order valence-corrected chi connectivity index (χ1v) is 17.0. The van der Waals surface area contributed by atoms with Crippen LogP contribution < -0.4 is 9.47 Å². The van der Waals surface area contributed by atoms with Gasteiger partial charge in [0.25, 0.3) is 0 Å². The fraction of sp³-hybridized carbons (Fsp3) is 0.500. The highest BCUT2D eigenvalue weighted by Crippen LogP contribution is 2.43. The lowest BCUT2D eigenvalue weighted by molar-refractivity contribution is -0.0789. The average Bonchev–Trinajstić information content (AvgIpc) is 3.60. The Morgan fingerprint density at radius 1 is 0.739 bits per heavy atom. The van der Waals surface area contributed by atoms with Gasteiger partial charge in [0.1, 0.15) is 42.0 Å². The second-order valence-electron chi connectivity index (χ2n) is 12.1. The Labute approximate surface area is 273 Å². The monoisotopic (exact) mass is 653 g/mol. The molecule has 0 radical (unpaired) electrons. The molecule has 3 unspecified atom stereocenters. The van der Waals surface area contributed by atoms with Gasteiger partial charge in [-0.05, 0) is 68.7 Å². The number of rotatable bonds is 15. The molecule has 9 nitrogen and oxygen atoms in total. The predicted octanol–water partition coefficient (Wildman–Crippen LogP) is 7.22. The minimum atomic E-state index is -2.44. The molecule has 0 saturated carbocycles. The standard InChI is InChI=1S/C36H46O9P/c1-24(2)42-32-20-25(3)44-35(32)23-41-46(37)45-33-21-26(4)43-34(33)22-40-36(27-10-8-7-9-11-27,28-12-16-30(38-5)17-13-28)29-14-18-31(39-6)19-15-29/h7-19,24-26,32-35H,20-23H2,1-6H3/q+1/t25-,26-,32?,33?,34+,35+/m0/s1. The van der Waals surface area contributed by atoms with Gasteiger partial charge in [-0.25, -0.2) is 0 Å². The largest absolute Gasteiger partial charge is 0.697 e. The van der Waals surface area contributed by atoms with E-state index in [1.54, 1.807) is 14.2 Å². The molecule has 7 atom stereocenters. The van der Waals surface area contributed by atoms with Gasteiger partial charge in [0.05, 0.1) is 45.2 Å². The smallest absolute Gasteiger partial charge is 0.497 e. The Hall–Kier alpha value is -2.88. The van der Waals surface area contributed by atoms with Gasteiger partial charge in [0, 0.05) is 17.4 Å². The van der Waals surface area contributed by atoms with E-state index < -0.39 is 26.1 Å². The first kappa shape index (κ1) is 34.5. The average molecular weight is 654 g/mol. The van der Waals surface area contributed by atoms with Crippen LogP contribution in [-0.2, 0) is 38.2 Å². The maximum atomic E-state index is 13.1. The van der Waals surface area contributed by atoms with E-state index in [-0.39, 0.29) is 43.7 Å². The van der Waals surface area contributed by atoms with Crippen LogP contribution in [0.2, 0.25) is 0 Å². The number of methoxy groups -OCH3 is 2. The SMILES string of the molecule is COc1ccc(C(OC[C@H]2O[C@@H](C)CC2O[P+](=O)OC[C@H]2O[C@@H](C)CC2OC(C)C)(c2ccccc2)c2ccc(OC)cc2)cc1. The van der Waals surface area contributed by atoms with Gasteiger partial charge in [0.2, 0.25) is 0 Å². The van der Waals surface area contributed by atoms with Crippen LogP contribution in [-0.4, -0.2) is 70.2 Å². The summed E-state index contributed by atoms with van der Waals surface area (Å²) in [7, 11) is 0.852. The van der Waals surface area contributed by atoms with Gasteiger partial charge in [-0.1, -0.05) is 54.6 Å². The molecule has 10 heteroatoms. The van der Waals surface area contributed by atoms with Crippen LogP contribution >= 0.6 is 8.25 Å². The van der Waals surface area contributed by atoms with Crippen LogP contribution in [0.25, 0.3) is 0 Å². The summed E-state index contributed by atoms with van der Waals surface area (Å²) >= 11 is 0. The molecular formula is C36H46O9P+. The van der Waals surface area contributed by atoms with Crippen LogP contribution in [0.4, 0.5) is 0 Å². The number of hydrogen-bond donors (Lipinski definition) is 0. The van der Waals surface area contributed by atoms with Crippen molar-refractivity contribution < 1.29 is 42.0 Å². The van der Waals surface area contributed by atoms with Crippen LogP contribution in [0, 0.1) is 0 Å². The van der Waals surface area contributed by atoms with E-state index in [0.29, 0.717) is 6.42 Å². The zero-order valence-electron chi connectivity index (χ0n) is 27.5. The summed E-state index contributed by atoms with van der Waals surface area (Å²) in [6.45, 7) is 8.24. The first-order valence-electron chi connectivity index (χ1n) is 15.9. The molecular weight excluding hydrogens is 607 g/mol. The van der Waals surface area contributed by atoms with Crippen molar-refractivity contribution in [2.45, 2.75) is 88.9 Å². The van der Waals surface area contributed by atoms with E-state index in [0.717, 1.165) is 34.6 Å². The quantitative estimate of drug-likeness (QED) is 0.125. The van der Waals surface area contributed by atoms with Crippen LogP contribution in [0.3, 0.4) is 0 Å². The topological polar surface area (TPSA) is 90.9 Å². The predicted molar refractivity (Wildman–Crippen MR) is 175 cm³/mol. The second kappa shape index (κ2) is 15.8. The fourth-order valence-electron chi connectivity index (χ4n) is 6.29. The zero-order valence-corrected chi connectivity index (χ0v) is 28.4. The first-order chi connectivity index (χ1) is 22.2. The summed E-state index contributed by atoms with van der Waals surface area (Å²) in [6, 6.07) is 25.8. The van der Waals surface area contributed by atoms with Gasteiger partial charge in [-0.2, -0.15) is 0 Å². The van der Waals surface area contributed by atoms with Gasteiger partial charge in [-0.3, -0.25) is 0 Å². The Morgan fingerprint density at radius 2 is 1.24 bits per heavy atom. The van der Waals surface area contributed by atoms with E-state index in [1.807, 2.05) is 107 Å². The molecule has 0 bridgehead atoms. The third-order valence-corrected chi connectivity index (χ3v) is 9.22. The summed E-state index contributed by atoms with van der Waals surface area (Å²) in [6.07, 6.45) is -0.0959. The normalized spacial score (nSPS) is 25.2. The van der Waals surface area contributed by atoms with Crippen molar-refractivity contribution in [1.82, 2.24) is 0 Å². The molecule has 2 aliphatic heterocycles. The maximum absolute atomic E-state index is 13.1. The molecule has 0 amide bonds. The minimum absolute atomic E-state index is 0.0445. The van der Waals surface area contributed by atoms with Crippen LogP contribution in [0.15, 0.2) is 78.9 Å². The molecule has 3 aromatic rings. The van der Waals surface area contributed by atoms with Crippen LogP contribution in [0.5, 0.6) is 11.5 Å². The second-order valence-corrected chi connectivity index (χ2v) is 13.1. The zero-order chi connectivity index (χ0) is 32.7. The third kappa shape index (κ3) is 8.15. The van der Waals surface area contributed by atoms with Crippen molar-refractivity contribution in [2.75, 3.05) is 27.4 Å². The number of ether oxygens (including phenoxy) is 6. The van der Waals surface area contributed by atoms with Gasteiger partial charge < -0.3 is 28.4 Å². The summed E-state index contributed by atoms with van der Waals surface area (Å²) in [5, 5.41) is 0. The molecule has 0 spiro atoms. The fourth-order valence-corrected chi connectivity index (χ4v) is 7.07. The van der Waals surface area contributed by atoms with Crippen molar-refractivity contribution in [1.29, 1.82) is 0 Å². The molecule has 5 rings (SSSR count). The lowest BCUT2D eigenvalue weighted by Crippen LogP contribution is -2.38. The molecule has 248 valence electrons. The highest BCUT2D eigenvalue weighted by Gasteiger charge is 2.45. The summed E-state index contributed by atoms with van der Waals surface area (Å²) in [5.74, 6) is 1.48. The highest BCUT2D eigenvalue weighted by molar-refractivity contribution is 7.33. The Bertz CT molecular complexity index is 1340. The molecule has 2 heterocycles. The molecule has 0 N–H and O–H groups in total. The minimum Gasteiger partial charge on any atom is -0.497 e. The maximum Gasteiger partial charge on any atom is 0.697 e. The summed E-state index contributed by atoms with van der Waals surface area (Å²) in [5.41, 5.74) is 1.74. The molecule has 3 aromatic carbocycles. The Balaban J connectivity index is 1.36. The van der Waals surface area contributed by atoms with E-state index in [2.05, 4.69) is 0 Å². The molecule has 2 fully saturated rings. The molecule has 2 aliphatic rings. The van der Waals surface area contributed by atoms with E-state index in [9.17, 15) is 4.57 Å². The van der Waals surface area contributed by atoms with E-state index in [1.165, 1.54) is 0 Å². The lowest BCUT2D eigenvalue weighted by Gasteiger charge is -2.37. The van der Waals surface area contributed by atoms with Crippen LogP contribution in [0.1, 0.15) is 57.2 Å². The van der Waals surface area contributed by atoms with Crippen molar-refractivity contribution in [3.05, 3.63) is 95.6 Å². The highest BCUT2D eigenvalue weighted by atomic mass is 31.1. The van der Waals surface area contributed by atoms with Gasteiger partial charge >= 0.3 is 8.25 Å². The summed E-state index contributed by atoms with van der Waals surface area (Å²) in [4.78, 5) is 0. The van der Waals surface area contributed by atoms with Crippen molar-refractivity contribution in [3.63, 3.8) is 0 Å². The lowest BCUT2D eigenvalue weighted by atomic mass is 9.80. The van der Waals surface area contributed by atoms with E-state index >= 15 is 0 Å². The van der Waals surface area contributed by atoms with Crippen molar-refractivity contribution >= 4 is 8.25 Å². The number of benzene rings is 3. The number of hydrogen-bond acceptors (Lipinski definition) is 9. The van der Waals surface area contributed by atoms with Gasteiger partial charge in [-0.15, -0.1) is 9.05 Å². The molecule has 2 saturated heterocycles. The van der Waals surface area contributed by atoms with Crippen molar-refractivity contribution in [2.24, 2.45) is 0 Å².